The first kappa shape index (κ1) is 21.3. The molecule has 2 fully saturated rings. The monoisotopic (exact) mass is 464 g/mol. The Morgan fingerprint density at radius 2 is 1.61 bits per heavy atom. The Morgan fingerprint density at radius 1 is 0.848 bits per heavy atom. The minimum Gasteiger partial charge on any atom is -0.497 e. The average Bonchev–Trinajstić information content (AvgIpc) is 3.35. The van der Waals surface area contributed by atoms with Crippen molar-refractivity contribution >= 4 is 34.8 Å². The fourth-order valence-corrected chi connectivity index (χ4v) is 4.65. The van der Waals surface area contributed by atoms with E-state index in [0.29, 0.717) is 27.8 Å². The smallest absolute Gasteiger partial charge is 0.266 e. The Kier molecular flexibility index (Phi) is 5.44. The van der Waals surface area contributed by atoms with E-state index in [1.54, 1.807) is 55.7 Å². The number of ether oxygens (including phenoxy) is 2. The Labute approximate surface area is 196 Å². The molecule has 5 rings (SSSR count). The number of para-hydroxylation sites is 1. The van der Waals surface area contributed by atoms with Crippen LogP contribution in [0.3, 0.4) is 0 Å². The number of carbonyl (C=O) groups is 2. The lowest BCUT2D eigenvalue weighted by Crippen LogP contribution is -2.37. The molecule has 3 aromatic rings. The molecule has 0 bridgehead atoms. The van der Waals surface area contributed by atoms with Crippen molar-refractivity contribution < 1.29 is 23.9 Å². The van der Waals surface area contributed by atoms with Gasteiger partial charge in [-0.15, -0.1) is 0 Å². The molecule has 0 N–H and O–H groups in total. The lowest BCUT2D eigenvalue weighted by atomic mass is 9.90. The summed E-state index contributed by atoms with van der Waals surface area (Å²) in [6.45, 7) is 0. The first-order chi connectivity index (χ1) is 16.0. The Hall–Kier alpha value is -3.55. The summed E-state index contributed by atoms with van der Waals surface area (Å²) in [7, 11) is 3.12. The van der Waals surface area contributed by atoms with Crippen molar-refractivity contribution in [2.45, 2.75) is 12.1 Å². The molecule has 8 heteroatoms. The summed E-state index contributed by atoms with van der Waals surface area (Å²) in [6, 6.07) is 20.8. The summed E-state index contributed by atoms with van der Waals surface area (Å²) in [5.41, 5.74) is 1.86. The highest BCUT2D eigenvalue weighted by Gasteiger charge is 2.60. The Bertz CT molecular complexity index is 1220. The number of nitrogens with zero attached hydrogens (tertiary/aromatic N) is 2. The number of anilines is 2. The summed E-state index contributed by atoms with van der Waals surface area (Å²) in [6.07, 6.45) is -0.978. The molecule has 33 heavy (non-hydrogen) atoms. The normalized spacial score (nSPS) is 22.0. The van der Waals surface area contributed by atoms with Crippen LogP contribution in [0.5, 0.6) is 11.5 Å². The number of hydroxylamine groups is 1. The number of imide groups is 1. The fourth-order valence-electron chi connectivity index (χ4n) is 4.46. The van der Waals surface area contributed by atoms with Crippen LogP contribution in [0.2, 0.25) is 5.02 Å². The van der Waals surface area contributed by atoms with Gasteiger partial charge in [0.1, 0.15) is 17.4 Å². The first-order valence-corrected chi connectivity index (χ1v) is 10.8. The maximum Gasteiger partial charge on any atom is 0.266 e. The van der Waals surface area contributed by atoms with Crippen molar-refractivity contribution in [1.82, 2.24) is 0 Å². The molecule has 3 atom stereocenters. The van der Waals surface area contributed by atoms with Gasteiger partial charge in [0.15, 0.2) is 6.10 Å². The van der Waals surface area contributed by atoms with Crippen LogP contribution in [0.1, 0.15) is 11.6 Å². The molecule has 0 aliphatic carbocycles. The highest BCUT2D eigenvalue weighted by atomic mass is 35.5. The second-order valence-electron chi connectivity index (χ2n) is 7.76. The number of methoxy groups -OCH3 is 2. The van der Waals surface area contributed by atoms with Gasteiger partial charge >= 0.3 is 0 Å². The number of hydrogen-bond donors (Lipinski definition) is 0. The van der Waals surface area contributed by atoms with Crippen LogP contribution in [0, 0.1) is 5.92 Å². The number of fused-ring (bicyclic) bond motifs is 1. The van der Waals surface area contributed by atoms with Gasteiger partial charge in [-0.1, -0.05) is 35.9 Å². The molecular formula is C25H21ClN2O5. The quantitative estimate of drug-likeness (QED) is 0.521. The molecule has 168 valence electrons. The molecule has 0 radical (unpaired) electrons. The summed E-state index contributed by atoms with van der Waals surface area (Å²) >= 11 is 6.12. The average molecular weight is 465 g/mol. The lowest BCUT2D eigenvalue weighted by molar-refractivity contribution is -0.126. The molecule has 0 saturated carbocycles. The number of halogens is 1. The van der Waals surface area contributed by atoms with Gasteiger partial charge in [0.2, 0.25) is 5.91 Å². The molecule has 2 heterocycles. The number of amides is 2. The van der Waals surface area contributed by atoms with Gasteiger partial charge in [0, 0.05) is 16.7 Å². The molecule has 2 amide bonds. The van der Waals surface area contributed by atoms with E-state index in [4.69, 9.17) is 25.9 Å². The fraction of sp³-hybridized carbons (Fsp3) is 0.200. The number of benzene rings is 3. The molecule has 2 aliphatic rings. The third-order valence-corrected chi connectivity index (χ3v) is 6.19. The summed E-state index contributed by atoms with van der Waals surface area (Å²) < 4.78 is 11.0. The lowest BCUT2D eigenvalue weighted by Gasteiger charge is -2.29. The van der Waals surface area contributed by atoms with Gasteiger partial charge in [-0.05, 0) is 42.5 Å². The van der Waals surface area contributed by atoms with Crippen molar-refractivity contribution in [3.8, 4) is 11.5 Å². The van der Waals surface area contributed by atoms with E-state index >= 15 is 0 Å². The van der Waals surface area contributed by atoms with Crippen molar-refractivity contribution in [3.63, 3.8) is 0 Å². The minimum atomic E-state index is -0.978. The van der Waals surface area contributed by atoms with Crippen LogP contribution < -0.4 is 19.4 Å². The van der Waals surface area contributed by atoms with Crippen molar-refractivity contribution in [2.75, 3.05) is 24.2 Å². The van der Waals surface area contributed by atoms with Gasteiger partial charge in [0.05, 0.1) is 31.6 Å². The summed E-state index contributed by atoms with van der Waals surface area (Å²) in [4.78, 5) is 34.4. The maximum atomic E-state index is 13.7. The van der Waals surface area contributed by atoms with Gasteiger partial charge in [0.25, 0.3) is 5.91 Å². The van der Waals surface area contributed by atoms with E-state index in [0.717, 1.165) is 10.6 Å². The molecular weight excluding hydrogens is 444 g/mol. The summed E-state index contributed by atoms with van der Waals surface area (Å²) in [5, 5.41) is 2.07. The minimum absolute atomic E-state index is 0.353. The molecule has 3 aromatic carbocycles. The Morgan fingerprint density at radius 3 is 2.30 bits per heavy atom. The molecule has 0 aromatic heterocycles. The van der Waals surface area contributed by atoms with Crippen LogP contribution in [0.25, 0.3) is 0 Å². The van der Waals surface area contributed by atoms with Crippen molar-refractivity contribution in [2.24, 2.45) is 5.92 Å². The Balaban J connectivity index is 1.62. The first-order valence-electron chi connectivity index (χ1n) is 10.4. The summed E-state index contributed by atoms with van der Waals surface area (Å²) in [5.74, 6) is -0.409. The topological polar surface area (TPSA) is 68.3 Å². The highest BCUT2D eigenvalue weighted by molar-refractivity contribution is 6.31. The number of carbonyl (C=O) groups excluding carboxylic acids is 2. The van der Waals surface area contributed by atoms with Gasteiger partial charge < -0.3 is 9.47 Å². The molecule has 2 saturated heterocycles. The SMILES string of the molecule is COc1ccc([C@H]2[C@H]3C(=O)N(c4cccc(Cl)c4)C(=O)[C@H]3ON2c2ccccc2)c(OC)c1. The second kappa shape index (κ2) is 8.42. The van der Waals surface area contributed by atoms with Gasteiger partial charge in [-0.2, -0.15) is 0 Å². The predicted molar refractivity (Wildman–Crippen MR) is 124 cm³/mol. The van der Waals surface area contributed by atoms with Crippen molar-refractivity contribution in [1.29, 1.82) is 0 Å². The van der Waals surface area contributed by atoms with Crippen LogP contribution in [-0.4, -0.2) is 32.1 Å². The zero-order valence-corrected chi connectivity index (χ0v) is 18.7. The van der Waals surface area contributed by atoms with E-state index < -0.39 is 24.0 Å². The predicted octanol–water partition coefficient (Wildman–Crippen LogP) is 4.41. The number of hydrogen-bond acceptors (Lipinski definition) is 6. The zero-order valence-electron chi connectivity index (χ0n) is 18.0. The third kappa shape index (κ3) is 3.50. The van der Waals surface area contributed by atoms with E-state index in [-0.39, 0.29) is 5.91 Å². The number of rotatable bonds is 5. The van der Waals surface area contributed by atoms with E-state index in [1.807, 2.05) is 36.4 Å². The van der Waals surface area contributed by atoms with E-state index in [2.05, 4.69) is 0 Å². The van der Waals surface area contributed by atoms with Crippen LogP contribution in [-0.2, 0) is 14.4 Å². The standard InChI is InChI=1S/C25H21ClN2O5/c1-31-18-11-12-19(20(14-18)32-2)22-21-23(33-28(22)16-8-4-3-5-9-16)25(30)27(24(21)29)17-10-6-7-15(26)13-17/h3-14,21-23H,1-2H3/t21-,22+,23+/m1/s1. The van der Waals surface area contributed by atoms with Crippen LogP contribution in [0.4, 0.5) is 11.4 Å². The maximum absolute atomic E-state index is 13.7. The molecule has 0 unspecified atom stereocenters. The van der Waals surface area contributed by atoms with E-state index in [9.17, 15) is 9.59 Å². The second-order valence-corrected chi connectivity index (χ2v) is 8.19. The third-order valence-electron chi connectivity index (χ3n) is 5.95. The van der Waals surface area contributed by atoms with Crippen LogP contribution >= 0.6 is 11.6 Å². The van der Waals surface area contributed by atoms with Gasteiger partial charge in [-0.25, -0.2) is 9.96 Å². The van der Waals surface area contributed by atoms with E-state index in [1.165, 1.54) is 0 Å². The van der Waals surface area contributed by atoms with Gasteiger partial charge in [-0.3, -0.25) is 14.4 Å². The molecule has 7 nitrogen and oxygen atoms in total. The zero-order chi connectivity index (χ0) is 23.1. The van der Waals surface area contributed by atoms with Crippen LogP contribution in [0.15, 0.2) is 72.8 Å². The molecule has 0 spiro atoms. The molecule has 2 aliphatic heterocycles. The highest BCUT2D eigenvalue weighted by Crippen LogP contribution is 2.50. The largest absolute Gasteiger partial charge is 0.497 e. The van der Waals surface area contributed by atoms with Crippen molar-refractivity contribution in [3.05, 3.63) is 83.4 Å².